The zero-order valence-electron chi connectivity index (χ0n) is 13.1. The summed E-state index contributed by atoms with van der Waals surface area (Å²) in [5.41, 5.74) is -0.289. The molecule has 0 fully saturated rings. The van der Waals surface area contributed by atoms with E-state index >= 15 is 0 Å². The first-order chi connectivity index (χ1) is 11.5. The van der Waals surface area contributed by atoms with Gasteiger partial charge in [-0.25, -0.2) is 14.6 Å². The minimum Gasteiger partial charge on any atom is -0.462 e. The lowest BCUT2D eigenvalue weighted by atomic mass is 10.1. The van der Waals surface area contributed by atoms with Crippen molar-refractivity contribution >= 4 is 17.0 Å². The van der Waals surface area contributed by atoms with E-state index in [1.54, 1.807) is 31.3 Å². The van der Waals surface area contributed by atoms with Gasteiger partial charge in [-0.2, -0.15) is 0 Å². The number of nitrogens with zero attached hydrogens (tertiary/aromatic N) is 3. The van der Waals surface area contributed by atoms with Gasteiger partial charge in [-0.15, -0.1) is 0 Å². The fourth-order valence-electron chi connectivity index (χ4n) is 2.35. The Kier molecular flexibility index (Phi) is 3.95. The summed E-state index contributed by atoms with van der Waals surface area (Å²) in [7, 11) is 1.46. The van der Waals surface area contributed by atoms with E-state index in [2.05, 4.69) is 15.0 Å². The fraction of sp³-hybridized carbons (Fsp3) is 0.188. The molecule has 0 saturated heterocycles. The molecule has 8 nitrogen and oxygen atoms in total. The van der Waals surface area contributed by atoms with Gasteiger partial charge in [0.2, 0.25) is 0 Å². The number of aromatic nitrogens is 4. The molecule has 0 bridgehead atoms. The molecule has 3 aromatic heterocycles. The second-order valence-electron chi connectivity index (χ2n) is 5.01. The summed E-state index contributed by atoms with van der Waals surface area (Å²) >= 11 is 0. The summed E-state index contributed by atoms with van der Waals surface area (Å²) in [5.74, 6) is -0.661. The lowest BCUT2D eigenvalue weighted by Crippen LogP contribution is -2.30. The Morgan fingerprint density at radius 1 is 1.29 bits per heavy atom. The molecule has 122 valence electrons. The number of fused-ring (bicyclic) bond motifs is 1. The number of pyridine rings is 2. The minimum absolute atomic E-state index is 0.00947. The Morgan fingerprint density at radius 3 is 2.75 bits per heavy atom. The molecule has 3 aromatic rings. The molecule has 0 aliphatic carbocycles. The third-order valence-corrected chi connectivity index (χ3v) is 3.49. The molecule has 3 heterocycles. The molecule has 8 heteroatoms. The normalized spacial score (nSPS) is 10.8. The van der Waals surface area contributed by atoms with Crippen LogP contribution in [0.5, 0.6) is 0 Å². The molecule has 0 atom stereocenters. The van der Waals surface area contributed by atoms with E-state index in [0.717, 1.165) is 0 Å². The predicted octanol–water partition coefficient (Wildman–Crippen LogP) is 0.860. The number of carbonyl (C=O) groups is 1. The van der Waals surface area contributed by atoms with Gasteiger partial charge in [-0.1, -0.05) is 6.07 Å². The summed E-state index contributed by atoms with van der Waals surface area (Å²) in [6, 6.07) is 6.68. The molecular formula is C16H14N4O4. The van der Waals surface area contributed by atoms with Crippen LogP contribution in [0.15, 0.2) is 40.1 Å². The van der Waals surface area contributed by atoms with E-state index in [9.17, 15) is 14.4 Å². The van der Waals surface area contributed by atoms with Crippen molar-refractivity contribution in [2.45, 2.75) is 6.92 Å². The second-order valence-corrected chi connectivity index (χ2v) is 5.01. The SMILES string of the molecule is CCOC(=O)c1cc(-c2ccccn2)nc2c1c(=O)[nH]c(=O)n2C. The number of carbonyl (C=O) groups excluding carboxylic acids is 1. The van der Waals surface area contributed by atoms with E-state index < -0.39 is 17.2 Å². The first-order valence-electron chi connectivity index (χ1n) is 7.25. The Morgan fingerprint density at radius 2 is 2.08 bits per heavy atom. The van der Waals surface area contributed by atoms with Gasteiger partial charge in [0.05, 0.1) is 28.9 Å². The number of hydrogen-bond acceptors (Lipinski definition) is 6. The van der Waals surface area contributed by atoms with Crippen LogP contribution in [0.2, 0.25) is 0 Å². The first kappa shape index (κ1) is 15.6. The van der Waals surface area contributed by atoms with Crippen LogP contribution in [0.3, 0.4) is 0 Å². The average Bonchev–Trinajstić information content (AvgIpc) is 2.59. The number of aryl methyl sites for hydroxylation is 1. The highest BCUT2D eigenvalue weighted by atomic mass is 16.5. The fourth-order valence-corrected chi connectivity index (χ4v) is 2.35. The largest absolute Gasteiger partial charge is 0.462 e. The van der Waals surface area contributed by atoms with Crippen LogP contribution >= 0.6 is 0 Å². The van der Waals surface area contributed by atoms with Crippen LogP contribution in [0, 0.1) is 0 Å². The Labute approximate surface area is 135 Å². The van der Waals surface area contributed by atoms with Crippen LogP contribution in [0.1, 0.15) is 17.3 Å². The van der Waals surface area contributed by atoms with Crippen molar-refractivity contribution in [3.8, 4) is 11.4 Å². The molecule has 0 saturated carbocycles. The summed E-state index contributed by atoms with van der Waals surface area (Å²) in [4.78, 5) is 47.0. The zero-order valence-corrected chi connectivity index (χ0v) is 13.1. The van der Waals surface area contributed by atoms with Gasteiger partial charge in [0, 0.05) is 13.2 Å². The second kappa shape index (κ2) is 6.07. The average molecular weight is 326 g/mol. The molecule has 1 N–H and O–H groups in total. The minimum atomic E-state index is -0.684. The van der Waals surface area contributed by atoms with Crippen LogP contribution in [-0.2, 0) is 11.8 Å². The quantitative estimate of drug-likeness (QED) is 0.715. The van der Waals surface area contributed by atoms with Crippen LogP contribution in [0.25, 0.3) is 22.4 Å². The van der Waals surface area contributed by atoms with Gasteiger partial charge < -0.3 is 4.74 Å². The molecule has 24 heavy (non-hydrogen) atoms. The van der Waals surface area contributed by atoms with E-state index in [1.807, 2.05) is 0 Å². The van der Waals surface area contributed by atoms with Crippen LogP contribution < -0.4 is 11.2 Å². The molecule has 0 aliphatic rings. The van der Waals surface area contributed by atoms with Gasteiger partial charge in [-0.05, 0) is 25.1 Å². The molecule has 0 aromatic carbocycles. The van der Waals surface area contributed by atoms with Gasteiger partial charge in [-0.3, -0.25) is 19.3 Å². The molecule has 0 spiro atoms. The monoisotopic (exact) mass is 326 g/mol. The number of H-pyrrole nitrogens is 1. The van der Waals surface area contributed by atoms with Crippen molar-refractivity contribution in [2.75, 3.05) is 6.61 Å². The maximum atomic E-state index is 12.3. The third-order valence-electron chi connectivity index (χ3n) is 3.49. The van der Waals surface area contributed by atoms with Crippen molar-refractivity contribution in [1.82, 2.24) is 19.5 Å². The lowest BCUT2D eigenvalue weighted by molar-refractivity contribution is 0.0528. The molecule has 0 radical (unpaired) electrons. The van der Waals surface area contributed by atoms with Crippen molar-refractivity contribution in [3.63, 3.8) is 0 Å². The Balaban J connectivity index is 2.42. The van der Waals surface area contributed by atoms with E-state index in [1.165, 1.54) is 17.7 Å². The number of rotatable bonds is 3. The highest BCUT2D eigenvalue weighted by Crippen LogP contribution is 2.21. The summed E-state index contributed by atoms with van der Waals surface area (Å²) < 4.78 is 6.20. The topological polar surface area (TPSA) is 107 Å². The van der Waals surface area contributed by atoms with Crippen molar-refractivity contribution in [3.05, 3.63) is 56.9 Å². The highest BCUT2D eigenvalue weighted by molar-refractivity contribution is 6.03. The van der Waals surface area contributed by atoms with E-state index in [4.69, 9.17) is 4.74 Å². The molecule has 3 rings (SSSR count). The summed E-state index contributed by atoms with van der Waals surface area (Å²) in [6.07, 6.45) is 1.59. The smallest absolute Gasteiger partial charge is 0.339 e. The molecule has 0 aliphatic heterocycles. The molecular weight excluding hydrogens is 312 g/mol. The van der Waals surface area contributed by atoms with Crippen LogP contribution in [0.4, 0.5) is 0 Å². The standard InChI is InChI=1S/C16H14N4O4/c1-3-24-15(22)9-8-11(10-6-4-5-7-17-10)18-13-12(9)14(21)19-16(23)20(13)2/h4-8H,3H2,1-2H3,(H,19,21,23). The Hall–Kier alpha value is -3.29. The predicted molar refractivity (Wildman–Crippen MR) is 86.8 cm³/mol. The summed E-state index contributed by atoms with van der Waals surface area (Å²) in [5, 5.41) is 0.00947. The number of hydrogen-bond donors (Lipinski definition) is 1. The number of aromatic amines is 1. The van der Waals surface area contributed by atoms with Crippen molar-refractivity contribution in [2.24, 2.45) is 7.05 Å². The van der Waals surface area contributed by atoms with Crippen molar-refractivity contribution in [1.29, 1.82) is 0 Å². The summed E-state index contributed by atoms with van der Waals surface area (Å²) in [6.45, 7) is 1.83. The molecule has 0 unspecified atom stereocenters. The third kappa shape index (κ3) is 2.58. The van der Waals surface area contributed by atoms with E-state index in [0.29, 0.717) is 11.4 Å². The number of esters is 1. The van der Waals surface area contributed by atoms with E-state index in [-0.39, 0.29) is 23.2 Å². The van der Waals surface area contributed by atoms with Crippen LogP contribution in [-0.4, -0.2) is 32.1 Å². The molecule has 0 amide bonds. The van der Waals surface area contributed by atoms with Crippen molar-refractivity contribution < 1.29 is 9.53 Å². The zero-order chi connectivity index (χ0) is 17.3. The number of ether oxygens (including phenoxy) is 1. The first-order valence-corrected chi connectivity index (χ1v) is 7.25. The van der Waals surface area contributed by atoms with Gasteiger partial charge in [0.1, 0.15) is 0 Å². The van der Waals surface area contributed by atoms with Gasteiger partial charge in [0.25, 0.3) is 5.56 Å². The maximum absolute atomic E-state index is 12.3. The Bertz CT molecular complexity index is 1040. The maximum Gasteiger partial charge on any atom is 0.339 e. The van der Waals surface area contributed by atoms with Gasteiger partial charge >= 0.3 is 11.7 Å². The highest BCUT2D eigenvalue weighted by Gasteiger charge is 2.20. The lowest BCUT2D eigenvalue weighted by Gasteiger charge is -2.10. The van der Waals surface area contributed by atoms with Gasteiger partial charge in [0.15, 0.2) is 5.65 Å². The number of nitrogens with one attached hydrogen (secondary N) is 1.